The molecule has 5 heteroatoms. The van der Waals surface area contributed by atoms with Gasteiger partial charge >= 0.3 is 0 Å². The molecule has 0 aliphatic carbocycles. The molecule has 1 aliphatic rings. The Labute approximate surface area is 134 Å². The third-order valence-corrected chi connectivity index (χ3v) is 4.08. The SMILES string of the molecule is CN=C(NCc1cccc(N(C)C)c1)N1CCC(COC)C1. The van der Waals surface area contributed by atoms with Crippen LogP contribution in [0, 0.1) is 5.92 Å². The molecule has 0 amide bonds. The molecule has 1 aromatic rings. The Morgan fingerprint density at radius 3 is 2.95 bits per heavy atom. The monoisotopic (exact) mass is 304 g/mol. The molecular weight excluding hydrogens is 276 g/mol. The normalized spacial score (nSPS) is 18.6. The molecule has 0 radical (unpaired) electrons. The maximum absolute atomic E-state index is 5.26. The number of rotatable bonds is 5. The minimum Gasteiger partial charge on any atom is -0.384 e. The fourth-order valence-corrected chi connectivity index (χ4v) is 2.85. The zero-order valence-corrected chi connectivity index (χ0v) is 14.2. The highest BCUT2D eigenvalue weighted by atomic mass is 16.5. The van der Waals surface area contributed by atoms with Gasteiger partial charge in [0.2, 0.25) is 0 Å². The van der Waals surface area contributed by atoms with E-state index in [0.717, 1.165) is 32.2 Å². The van der Waals surface area contributed by atoms with Crippen LogP contribution >= 0.6 is 0 Å². The Bertz CT molecular complexity index is 501. The van der Waals surface area contributed by atoms with E-state index >= 15 is 0 Å². The van der Waals surface area contributed by atoms with E-state index in [2.05, 4.69) is 58.5 Å². The topological polar surface area (TPSA) is 40.1 Å². The van der Waals surface area contributed by atoms with Crippen molar-refractivity contribution in [3.05, 3.63) is 29.8 Å². The highest BCUT2D eigenvalue weighted by molar-refractivity contribution is 5.80. The summed E-state index contributed by atoms with van der Waals surface area (Å²) in [6, 6.07) is 8.57. The number of aliphatic imine (C=N–C) groups is 1. The number of nitrogens with one attached hydrogen (secondary N) is 1. The molecule has 1 fully saturated rings. The lowest BCUT2D eigenvalue weighted by Crippen LogP contribution is -2.39. The van der Waals surface area contributed by atoms with Crippen LogP contribution in [-0.4, -0.2) is 58.8 Å². The number of methoxy groups -OCH3 is 1. The molecule has 1 aromatic carbocycles. The number of benzene rings is 1. The molecule has 0 saturated carbocycles. The van der Waals surface area contributed by atoms with Gasteiger partial charge in [-0.3, -0.25) is 4.99 Å². The molecular formula is C17H28N4O. The van der Waals surface area contributed by atoms with Crippen LogP contribution in [0.3, 0.4) is 0 Å². The first-order chi connectivity index (χ1) is 10.6. The summed E-state index contributed by atoms with van der Waals surface area (Å²) in [5.74, 6) is 1.59. The highest BCUT2D eigenvalue weighted by Crippen LogP contribution is 2.17. The Balaban J connectivity index is 1.91. The van der Waals surface area contributed by atoms with Crippen LogP contribution in [0.4, 0.5) is 5.69 Å². The van der Waals surface area contributed by atoms with Crippen molar-refractivity contribution < 1.29 is 4.74 Å². The molecule has 1 unspecified atom stereocenters. The van der Waals surface area contributed by atoms with Crippen LogP contribution in [0.2, 0.25) is 0 Å². The molecule has 122 valence electrons. The quantitative estimate of drug-likeness (QED) is 0.665. The number of likely N-dealkylation sites (tertiary alicyclic amines) is 1. The van der Waals surface area contributed by atoms with Gasteiger partial charge in [-0.05, 0) is 24.1 Å². The lowest BCUT2D eigenvalue weighted by atomic mass is 10.1. The molecule has 1 heterocycles. The first kappa shape index (κ1) is 16.6. The van der Waals surface area contributed by atoms with Crippen molar-refractivity contribution in [2.24, 2.45) is 10.9 Å². The maximum atomic E-state index is 5.26. The largest absolute Gasteiger partial charge is 0.384 e. The lowest BCUT2D eigenvalue weighted by molar-refractivity contribution is 0.157. The predicted octanol–water partition coefficient (Wildman–Crippen LogP) is 1.80. The molecule has 0 bridgehead atoms. The number of nitrogens with zero attached hydrogens (tertiary/aromatic N) is 3. The zero-order chi connectivity index (χ0) is 15.9. The fourth-order valence-electron chi connectivity index (χ4n) is 2.85. The van der Waals surface area contributed by atoms with Gasteiger partial charge in [0.05, 0.1) is 6.61 Å². The van der Waals surface area contributed by atoms with Gasteiger partial charge in [-0.15, -0.1) is 0 Å². The van der Waals surface area contributed by atoms with Crippen molar-refractivity contribution in [3.63, 3.8) is 0 Å². The van der Waals surface area contributed by atoms with Gasteiger partial charge in [0.15, 0.2) is 5.96 Å². The molecule has 0 aromatic heterocycles. The Hall–Kier alpha value is -1.75. The van der Waals surface area contributed by atoms with E-state index in [0.29, 0.717) is 5.92 Å². The summed E-state index contributed by atoms with van der Waals surface area (Å²) < 4.78 is 5.26. The zero-order valence-electron chi connectivity index (χ0n) is 14.2. The fraction of sp³-hybridized carbons (Fsp3) is 0.588. The third-order valence-electron chi connectivity index (χ3n) is 4.08. The van der Waals surface area contributed by atoms with Crippen LogP contribution in [0.1, 0.15) is 12.0 Å². The predicted molar refractivity (Wildman–Crippen MR) is 92.5 cm³/mol. The van der Waals surface area contributed by atoms with Crippen LogP contribution in [-0.2, 0) is 11.3 Å². The second-order valence-electron chi connectivity index (χ2n) is 6.02. The molecule has 2 rings (SSSR count). The minimum atomic E-state index is 0.612. The molecule has 1 atom stereocenters. The van der Waals surface area contributed by atoms with Crippen molar-refractivity contribution in [2.45, 2.75) is 13.0 Å². The smallest absolute Gasteiger partial charge is 0.193 e. The highest BCUT2D eigenvalue weighted by Gasteiger charge is 2.24. The Morgan fingerprint density at radius 1 is 1.45 bits per heavy atom. The van der Waals surface area contributed by atoms with Crippen molar-refractivity contribution >= 4 is 11.6 Å². The Morgan fingerprint density at radius 2 is 2.27 bits per heavy atom. The van der Waals surface area contributed by atoms with E-state index in [9.17, 15) is 0 Å². The molecule has 22 heavy (non-hydrogen) atoms. The van der Waals surface area contributed by atoms with Gasteiger partial charge in [-0.1, -0.05) is 12.1 Å². The standard InChI is InChI=1S/C17H28N4O/c1-18-17(21-9-8-15(12-21)13-22-4)19-11-14-6-5-7-16(10-14)20(2)3/h5-7,10,15H,8-9,11-13H2,1-4H3,(H,18,19). The molecule has 5 nitrogen and oxygen atoms in total. The van der Waals surface area contributed by atoms with Crippen LogP contribution in [0.5, 0.6) is 0 Å². The number of hydrogen-bond donors (Lipinski definition) is 1. The van der Waals surface area contributed by atoms with Gasteiger partial charge in [0.1, 0.15) is 0 Å². The number of anilines is 1. The first-order valence-corrected chi connectivity index (χ1v) is 7.85. The molecule has 1 saturated heterocycles. The van der Waals surface area contributed by atoms with Gasteiger partial charge in [0.25, 0.3) is 0 Å². The summed E-state index contributed by atoms with van der Waals surface area (Å²) in [5.41, 5.74) is 2.48. The number of guanidine groups is 1. The molecule has 1 N–H and O–H groups in total. The maximum Gasteiger partial charge on any atom is 0.193 e. The van der Waals surface area contributed by atoms with E-state index in [1.807, 2.05) is 7.05 Å². The molecule has 0 spiro atoms. The van der Waals surface area contributed by atoms with Crippen LogP contribution in [0.25, 0.3) is 0 Å². The summed E-state index contributed by atoms with van der Waals surface area (Å²) >= 11 is 0. The summed E-state index contributed by atoms with van der Waals surface area (Å²) in [6.07, 6.45) is 1.17. The van der Waals surface area contributed by atoms with Crippen LogP contribution < -0.4 is 10.2 Å². The molecule has 1 aliphatic heterocycles. The van der Waals surface area contributed by atoms with Gasteiger partial charge < -0.3 is 19.9 Å². The van der Waals surface area contributed by atoms with E-state index < -0.39 is 0 Å². The minimum absolute atomic E-state index is 0.612. The van der Waals surface area contributed by atoms with E-state index in [4.69, 9.17) is 4.74 Å². The summed E-state index contributed by atoms with van der Waals surface area (Å²) in [5, 5.41) is 3.47. The third kappa shape index (κ3) is 4.37. The summed E-state index contributed by atoms with van der Waals surface area (Å²) in [6.45, 7) is 3.69. The van der Waals surface area contributed by atoms with Crippen molar-refractivity contribution in [2.75, 3.05) is 52.8 Å². The average molecular weight is 304 g/mol. The number of hydrogen-bond acceptors (Lipinski definition) is 3. The average Bonchev–Trinajstić information content (AvgIpc) is 2.97. The van der Waals surface area contributed by atoms with Crippen LogP contribution in [0.15, 0.2) is 29.3 Å². The number of ether oxygens (including phenoxy) is 1. The van der Waals surface area contributed by atoms with E-state index in [-0.39, 0.29) is 0 Å². The van der Waals surface area contributed by atoms with Gasteiger partial charge in [0, 0.05) is 59.5 Å². The lowest BCUT2D eigenvalue weighted by Gasteiger charge is -2.22. The second-order valence-corrected chi connectivity index (χ2v) is 6.02. The summed E-state index contributed by atoms with van der Waals surface area (Å²) in [4.78, 5) is 8.86. The van der Waals surface area contributed by atoms with Crippen molar-refractivity contribution in [1.82, 2.24) is 10.2 Å². The first-order valence-electron chi connectivity index (χ1n) is 7.85. The van der Waals surface area contributed by atoms with Gasteiger partial charge in [-0.25, -0.2) is 0 Å². The second kappa shape index (κ2) is 8.03. The Kier molecular flexibility index (Phi) is 6.07. The van der Waals surface area contributed by atoms with Crippen molar-refractivity contribution in [1.29, 1.82) is 0 Å². The summed E-state index contributed by atoms with van der Waals surface area (Å²) in [7, 11) is 7.74. The van der Waals surface area contributed by atoms with E-state index in [1.165, 1.54) is 17.7 Å². The van der Waals surface area contributed by atoms with Crippen molar-refractivity contribution in [3.8, 4) is 0 Å². The van der Waals surface area contributed by atoms with E-state index in [1.54, 1.807) is 7.11 Å². The van der Waals surface area contributed by atoms with Gasteiger partial charge in [-0.2, -0.15) is 0 Å².